The lowest BCUT2D eigenvalue weighted by atomic mass is 10.2. The van der Waals surface area contributed by atoms with Crippen molar-refractivity contribution < 1.29 is 8.42 Å². The van der Waals surface area contributed by atoms with E-state index in [4.69, 9.17) is 0 Å². The summed E-state index contributed by atoms with van der Waals surface area (Å²) in [7, 11) is -3.11. The highest BCUT2D eigenvalue weighted by Crippen LogP contribution is 2.14. The van der Waals surface area contributed by atoms with Gasteiger partial charge in [-0.05, 0) is 23.9 Å². The number of unbranched alkanes of at least 4 members (excludes halogenated alkanes) is 1. The number of hydrogen-bond donors (Lipinski definition) is 1. The van der Waals surface area contributed by atoms with Crippen LogP contribution in [0, 0.1) is 0 Å². The lowest BCUT2D eigenvalue weighted by Gasteiger charge is -2.08. The molecule has 0 bridgehead atoms. The standard InChI is InChI=1S/C14H20N2O2S/c1-2-3-12-19(17,18)15-9-11-16-10-8-13-6-4-5-7-14(13)16/h4-8,10,15H,2-3,9,11-12H2,1H3. The lowest BCUT2D eigenvalue weighted by molar-refractivity contribution is 0.571. The molecule has 1 aromatic carbocycles. The first-order valence-corrected chi connectivity index (χ1v) is 8.29. The van der Waals surface area contributed by atoms with Crippen molar-refractivity contribution in [3.05, 3.63) is 36.5 Å². The van der Waals surface area contributed by atoms with Gasteiger partial charge in [-0.3, -0.25) is 0 Å². The third-order valence-electron chi connectivity index (χ3n) is 3.12. The van der Waals surface area contributed by atoms with E-state index in [1.54, 1.807) is 0 Å². The summed E-state index contributed by atoms with van der Waals surface area (Å²) < 4.78 is 28.0. The van der Waals surface area contributed by atoms with Gasteiger partial charge >= 0.3 is 0 Å². The van der Waals surface area contributed by atoms with Gasteiger partial charge in [0.05, 0.1) is 5.75 Å². The fourth-order valence-electron chi connectivity index (χ4n) is 2.06. The number of hydrogen-bond acceptors (Lipinski definition) is 2. The van der Waals surface area contributed by atoms with Gasteiger partial charge in [0.1, 0.15) is 0 Å². The molecule has 2 rings (SSSR count). The maximum atomic E-state index is 11.7. The molecular weight excluding hydrogens is 260 g/mol. The molecular formula is C14H20N2O2S. The minimum Gasteiger partial charge on any atom is -0.346 e. The quantitative estimate of drug-likeness (QED) is 0.846. The van der Waals surface area contributed by atoms with E-state index in [2.05, 4.69) is 15.4 Å². The molecule has 1 aromatic heterocycles. The molecule has 1 N–H and O–H groups in total. The molecule has 0 spiro atoms. The van der Waals surface area contributed by atoms with E-state index < -0.39 is 10.0 Å². The average molecular weight is 280 g/mol. The molecule has 2 aromatic rings. The van der Waals surface area contributed by atoms with E-state index in [0.29, 0.717) is 19.5 Å². The molecule has 0 amide bonds. The third kappa shape index (κ3) is 3.81. The Morgan fingerprint density at radius 3 is 2.79 bits per heavy atom. The molecule has 0 saturated heterocycles. The summed E-state index contributed by atoms with van der Waals surface area (Å²) in [5.74, 6) is 0.218. The molecule has 0 aliphatic carbocycles. The van der Waals surface area contributed by atoms with Crippen molar-refractivity contribution in [3.63, 3.8) is 0 Å². The number of sulfonamides is 1. The van der Waals surface area contributed by atoms with Crippen molar-refractivity contribution in [2.24, 2.45) is 0 Å². The van der Waals surface area contributed by atoms with Crippen LogP contribution in [0.1, 0.15) is 19.8 Å². The SMILES string of the molecule is CCCCS(=O)(=O)NCCn1ccc2ccccc21. The molecule has 0 fully saturated rings. The molecule has 0 unspecified atom stereocenters. The van der Waals surface area contributed by atoms with E-state index in [1.807, 2.05) is 37.4 Å². The second-order valence-corrected chi connectivity index (χ2v) is 6.56. The lowest BCUT2D eigenvalue weighted by Crippen LogP contribution is -2.29. The Bertz CT molecular complexity index is 632. The second-order valence-electron chi connectivity index (χ2n) is 4.63. The minimum absolute atomic E-state index is 0.218. The summed E-state index contributed by atoms with van der Waals surface area (Å²) in [4.78, 5) is 0. The first-order chi connectivity index (χ1) is 9.12. The van der Waals surface area contributed by atoms with E-state index >= 15 is 0 Å². The summed E-state index contributed by atoms with van der Waals surface area (Å²) in [6, 6.07) is 10.1. The Balaban J connectivity index is 1.93. The van der Waals surface area contributed by atoms with Crippen LogP contribution < -0.4 is 4.72 Å². The fraction of sp³-hybridized carbons (Fsp3) is 0.429. The van der Waals surface area contributed by atoms with Crippen LogP contribution in [0.15, 0.2) is 36.5 Å². The van der Waals surface area contributed by atoms with Crippen LogP contribution in [0.25, 0.3) is 10.9 Å². The van der Waals surface area contributed by atoms with E-state index in [9.17, 15) is 8.42 Å². The van der Waals surface area contributed by atoms with E-state index in [1.165, 1.54) is 5.39 Å². The van der Waals surface area contributed by atoms with Gasteiger partial charge in [0.25, 0.3) is 0 Å². The van der Waals surface area contributed by atoms with Crippen LogP contribution in [0.4, 0.5) is 0 Å². The highest BCUT2D eigenvalue weighted by molar-refractivity contribution is 7.89. The summed E-state index contributed by atoms with van der Waals surface area (Å²) in [5.41, 5.74) is 1.13. The van der Waals surface area contributed by atoms with Crippen LogP contribution in [-0.4, -0.2) is 25.3 Å². The van der Waals surface area contributed by atoms with Crippen molar-refractivity contribution in [2.75, 3.05) is 12.3 Å². The highest BCUT2D eigenvalue weighted by atomic mass is 32.2. The zero-order chi connectivity index (χ0) is 13.7. The molecule has 0 aliphatic heterocycles. The number of para-hydroxylation sites is 1. The van der Waals surface area contributed by atoms with Crippen LogP contribution in [0.3, 0.4) is 0 Å². The summed E-state index contributed by atoms with van der Waals surface area (Å²) in [6.07, 6.45) is 3.59. The molecule has 0 aliphatic rings. The molecule has 1 heterocycles. The Morgan fingerprint density at radius 2 is 2.00 bits per heavy atom. The topological polar surface area (TPSA) is 51.1 Å². The van der Waals surface area contributed by atoms with E-state index in [0.717, 1.165) is 11.9 Å². The Kier molecular flexibility index (Phi) is 4.61. The maximum absolute atomic E-state index is 11.7. The smallest absolute Gasteiger partial charge is 0.211 e. The van der Waals surface area contributed by atoms with Gasteiger partial charge in [0, 0.05) is 24.8 Å². The van der Waals surface area contributed by atoms with Crippen LogP contribution in [-0.2, 0) is 16.6 Å². The fourth-order valence-corrected chi connectivity index (χ4v) is 3.28. The number of rotatable bonds is 7. The molecule has 0 atom stereocenters. The summed E-state index contributed by atoms with van der Waals surface area (Å²) >= 11 is 0. The van der Waals surface area contributed by atoms with Gasteiger partial charge in [-0.1, -0.05) is 31.5 Å². The van der Waals surface area contributed by atoms with Crippen molar-refractivity contribution in [3.8, 4) is 0 Å². The molecule has 4 nitrogen and oxygen atoms in total. The van der Waals surface area contributed by atoms with Crippen LogP contribution in [0.2, 0.25) is 0 Å². The number of nitrogens with zero attached hydrogens (tertiary/aromatic N) is 1. The first kappa shape index (κ1) is 14.1. The molecule has 5 heteroatoms. The highest BCUT2D eigenvalue weighted by Gasteiger charge is 2.08. The van der Waals surface area contributed by atoms with Crippen LogP contribution >= 0.6 is 0 Å². The van der Waals surface area contributed by atoms with Gasteiger partial charge < -0.3 is 4.57 Å². The van der Waals surface area contributed by atoms with Gasteiger partial charge in [-0.25, -0.2) is 13.1 Å². The second kappa shape index (κ2) is 6.21. The predicted molar refractivity (Wildman–Crippen MR) is 78.6 cm³/mol. The zero-order valence-electron chi connectivity index (χ0n) is 11.2. The maximum Gasteiger partial charge on any atom is 0.211 e. The minimum atomic E-state index is -3.11. The number of aromatic nitrogens is 1. The van der Waals surface area contributed by atoms with Gasteiger partial charge in [0.15, 0.2) is 0 Å². The van der Waals surface area contributed by atoms with Crippen molar-refractivity contribution in [1.82, 2.24) is 9.29 Å². The normalized spacial score (nSPS) is 12.1. The van der Waals surface area contributed by atoms with Gasteiger partial charge in [-0.2, -0.15) is 0 Å². The van der Waals surface area contributed by atoms with Crippen molar-refractivity contribution >= 4 is 20.9 Å². The molecule has 0 radical (unpaired) electrons. The van der Waals surface area contributed by atoms with Crippen molar-refractivity contribution in [1.29, 1.82) is 0 Å². The molecule has 0 saturated carbocycles. The molecule has 19 heavy (non-hydrogen) atoms. The Hall–Kier alpha value is -1.33. The third-order valence-corrected chi connectivity index (χ3v) is 4.59. The predicted octanol–water partition coefficient (Wildman–Crippen LogP) is 2.36. The number of fused-ring (bicyclic) bond motifs is 1. The van der Waals surface area contributed by atoms with E-state index in [-0.39, 0.29) is 5.75 Å². The largest absolute Gasteiger partial charge is 0.346 e. The first-order valence-electron chi connectivity index (χ1n) is 6.63. The van der Waals surface area contributed by atoms with Crippen LogP contribution in [0.5, 0.6) is 0 Å². The zero-order valence-corrected chi connectivity index (χ0v) is 12.0. The molecule has 104 valence electrons. The average Bonchev–Trinajstić information content (AvgIpc) is 2.80. The number of benzene rings is 1. The number of nitrogens with one attached hydrogen (secondary N) is 1. The van der Waals surface area contributed by atoms with Gasteiger partial charge in [0.2, 0.25) is 10.0 Å². The summed E-state index contributed by atoms with van der Waals surface area (Å²) in [6.45, 7) is 3.07. The summed E-state index contributed by atoms with van der Waals surface area (Å²) in [5, 5.41) is 1.18. The van der Waals surface area contributed by atoms with Gasteiger partial charge in [-0.15, -0.1) is 0 Å². The van der Waals surface area contributed by atoms with Crippen molar-refractivity contribution in [2.45, 2.75) is 26.3 Å². The monoisotopic (exact) mass is 280 g/mol. The Morgan fingerprint density at radius 1 is 1.21 bits per heavy atom. The Labute approximate surface area is 114 Å².